The first kappa shape index (κ1) is 24.2. The van der Waals surface area contributed by atoms with Crippen LogP contribution in [0.15, 0.2) is 18.2 Å². The number of cyclic esters (lactones) is 2. The molecule has 0 radical (unpaired) electrons. The summed E-state index contributed by atoms with van der Waals surface area (Å²) in [6.45, 7) is 8.97. The van der Waals surface area contributed by atoms with E-state index in [9.17, 15) is 27.7 Å². The molecule has 30 heavy (non-hydrogen) atoms. The lowest BCUT2D eigenvalue weighted by atomic mass is 9.84. The number of hydrogen-bond donors (Lipinski definition) is 1. The molecule has 1 fully saturated rings. The number of nitrogens with one attached hydrogen (secondary N) is 1. The van der Waals surface area contributed by atoms with Crippen LogP contribution < -0.4 is 4.72 Å². The Morgan fingerprint density at radius 2 is 1.70 bits per heavy atom. The van der Waals surface area contributed by atoms with Crippen molar-refractivity contribution in [3.05, 3.63) is 35.4 Å². The number of esters is 2. The van der Waals surface area contributed by atoms with Crippen LogP contribution in [0.4, 0.5) is 8.78 Å². The maximum atomic E-state index is 14.6. The number of carbonyl (C=O) groups is 3. The average Bonchev–Trinajstić information content (AvgIpc) is 2.54. The maximum Gasteiger partial charge on any atom is 0.331 e. The molecule has 7 nitrogen and oxygen atoms in total. The van der Waals surface area contributed by atoms with Crippen LogP contribution in [-0.2, 0) is 40.8 Å². The lowest BCUT2D eigenvalue weighted by Crippen LogP contribution is -2.54. The Labute approximate surface area is 176 Å². The maximum absolute atomic E-state index is 14.6. The van der Waals surface area contributed by atoms with Gasteiger partial charge in [-0.25, -0.2) is 8.78 Å². The number of carbonyl (C=O) groups excluding carboxylic acids is 3. The summed E-state index contributed by atoms with van der Waals surface area (Å²) >= 11 is -1.80. The molecule has 0 aliphatic carbocycles. The molecular formula is C20H25F2NO6S. The first-order valence-corrected chi connectivity index (χ1v) is 10.3. The summed E-state index contributed by atoms with van der Waals surface area (Å²) in [5.41, 5.74) is -1.97. The number of ether oxygens (including phenoxy) is 2. The number of benzene rings is 1. The highest BCUT2D eigenvalue weighted by Gasteiger charge is 2.50. The number of hydrogen-bond acceptors (Lipinski definition) is 7. The van der Waals surface area contributed by atoms with Gasteiger partial charge in [0.05, 0.1) is 5.54 Å². The van der Waals surface area contributed by atoms with Gasteiger partial charge in [0.15, 0.2) is 17.4 Å². The van der Waals surface area contributed by atoms with E-state index in [1.54, 1.807) is 20.8 Å². The normalized spacial score (nSPS) is 20.2. The summed E-state index contributed by atoms with van der Waals surface area (Å²) in [4.78, 5) is 37.3. The molecule has 0 saturated carbocycles. The molecule has 2 atom stereocenters. The largest absolute Gasteiger partial charge is 0.598 e. The first-order valence-electron chi connectivity index (χ1n) is 9.20. The molecule has 1 heterocycles. The van der Waals surface area contributed by atoms with Gasteiger partial charge in [-0.15, -0.1) is 4.72 Å². The molecule has 0 aromatic heterocycles. The highest BCUT2D eigenvalue weighted by atomic mass is 32.2. The van der Waals surface area contributed by atoms with Crippen molar-refractivity contribution in [1.82, 2.24) is 4.72 Å². The van der Waals surface area contributed by atoms with E-state index in [0.29, 0.717) is 0 Å². The third-order valence-corrected chi connectivity index (χ3v) is 6.18. The van der Waals surface area contributed by atoms with E-state index in [4.69, 9.17) is 9.47 Å². The Balaban J connectivity index is 2.43. The monoisotopic (exact) mass is 445 g/mol. The predicted molar refractivity (Wildman–Crippen MR) is 104 cm³/mol. The van der Waals surface area contributed by atoms with Crippen LogP contribution in [0.1, 0.15) is 53.5 Å². The molecule has 1 aliphatic rings. The average molecular weight is 445 g/mol. The van der Waals surface area contributed by atoms with Crippen LogP contribution in [0.25, 0.3) is 0 Å². The number of halogens is 2. The zero-order chi connectivity index (χ0) is 23.1. The van der Waals surface area contributed by atoms with Crippen LogP contribution in [-0.4, -0.2) is 32.8 Å². The molecular weight excluding hydrogens is 420 g/mol. The topological polar surface area (TPSA) is 105 Å². The Morgan fingerprint density at radius 3 is 2.20 bits per heavy atom. The molecule has 0 amide bonds. The van der Waals surface area contributed by atoms with Crippen LogP contribution in [0, 0.1) is 17.6 Å². The molecule has 1 N–H and O–H groups in total. The lowest BCUT2D eigenvalue weighted by Gasteiger charge is -2.36. The third-order valence-electron chi connectivity index (χ3n) is 4.43. The van der Waals surface area contributed by atoms with Gasteiger partial charge < -0.3 is 14.0 Å². The Kier molecular flexibility index (Phi) is 6.65. The van der Waals surface area contributed by atoms with E-state index in [2.05, 4.69) is 4.72 Å². The van der Waals surface area contributed by atoms with Gasteiger partial charge in [-0.05, 0) is 33.8 Å². The van der Waals surface area contributed by atoms with E-state index in [1.165, 1.54) is 32.9 Å². The smallest absolute Gasteiger partial charge is 0.331 e. The van der Waals surface area contributed by atoms with E-state index in [-0.39, 0.29) is 5.56 Å². The minimum absolute atomic E-state index is 0.272. The van der Waals surface area contributed by atoms with Crippen molar-refractivity contribution in [2.75, 3.05) is 0 Å². The van der Waals surface area contributed by atoms with Crippen LogP contribution in [0.5, 0.6) is 0 Å². The van der Waals surface area contributed by atoms with Crippen molar-refractivity contribution in [3.8, 4) is 0 Å². The van der Waals surface area contributed by atoms with Crippen molar-refractivity contribution in [2.45, 2.75) is 64.0 Å². The van der Waals surface area contributed by atoms with Crippen molar-refractivity contribution < 1.29 is 37.2 Å². The van der Waals surface area contributed by atoms with E-state index >= 15 is 0 Å². The molecule has 1 aliphatic heterocycles. The van der Waals surface area contributed by atoms with Gasteiger partial charge in [0.2, 0.25) is 5.92 Å². The molecule has 1 aromatic rings. The van der Waals surface area contributed by atoms with Gasteiger partial charge in [0.25, 0.3) is 5.79 Å². The SMILES string of the molecule is CC1(C)OC(=O)C(C(=O)C[C@](C)(N[S@+]([O-])C(C)(C)C)c2cccc(F)c2F)C(=O)O1. The molecule has 0 spiro atoms. The van der Waals surface area contributed by atoms with E-state index in [0.717, 1.165) is 6.07 Å². The Morgan fingerprint density at radius 1 is 1.17 bits per heavy atom. The fourth-order valence-corrected chi connectivity index (χ4v) is 3.80. The fraction of sp³-hybridized carbons (Fsp3) is 0.550. The third kappa shape index (κ3) is 5.16. The molecule has 1 saturated heterocycles. The molecule has 166 valence electrons. The van der Waals surface area contributed by atoms with E-state index < -0.39 is 69.1 Å². The van der Waals surface area contributed by atoms with Gasteiger partial charge in [0, 0.05) is 37.2 Å². The zero-order valence-electron chi connectivity index (χ0n) is 17.6. The van der Waals surface area contributed by atoms with Crippen molar-refractivity contribution >= 4 is 29.1 Å². The number of Topliss-reactive ketones (excluding diaryl/α,β-unsaturated/α-hetero) is 1. The highest BCUT2D eigenvalue weighted by molar-refractivity contribution is 7.90. The summed E-state index contributed by atoms with van der Waals surface area (Å²) in [5.74, 6) is -8.92. The first-order chi connectivity index (χ1) is 13.6. The Bertz CT molecular complexity index is 849. The van der Waals surface area contributed by atoms with E-state index in [1.807, 2.05) is 0 Å². The minimum Gasteiger partial charge on any atom is -0.598 e. The van der Waals surface area contributed by atoms with Crippen molar-refractivity contribution in [3.63, 3.8) is 0 Å². The van der Waals surface area contributed by atoms with Crippen molar-refractivity contribution in [2.24, 2.45) is 5.92 Å². The second-order valence-corrected chi connectivity index (χ2v) is 10.7. The van der Waals surface area contributed by atoms with Gasteiger partial charge in [-0.1, -0.05) is 12.1 Å². The second kappa shape index (κ2) is 8.24. The summed E-state index contributed by atoms with van der Waals surface area (Å²) in [6.07, 6.45) is -0.648. The Hall–Kier alpha value is -2.04. The summed E-state index contributed by atoms with van der Waals surface area (Å²) in [6, 6.07) is 3.38. The molecule has 2 rings (SSSR count). The summed E-state index contributed by atoms with van der Waals surface area (Å²) < 4.78 is 53.0. The van der Waals surface area contributed by atoms with Gasteiger partial charge >= 0.3 is 11.9 Å². The van der Waals surface area contributed by atoms with Crippen LogP contribution >= 0.6 is 0 Å². The summed E-state index contributed by atoms with van der Waals surface area (Å²) in [7, 11) is 0. The zero-order valence-corrected chi connectivity index (χ0v) is 18.4. The minimum atomic E-state index is -1.88. The van der Waals surface area contributed by atoms with Gasteiger partial charge in [0.1, 0.15) is 4.75 Å². The van der Waals surface area contributed by atoms with Crippen LogP contribution in [0.2, 0.25) is 0 Å². The van der Waals surface area contributed by atoms with Gasteiger partial charge in [-0.3, -0.25) is 14.4 Å². The highest BCUT2D eigenvalue weighted by Crippen LogP contribution is 2.34. The molecule has 0 unspecified atom stereocenters. The fourth-order valence-electron chi connectivity index (χ4n) is 2.91. The second-order valence-electron chi connectivity index (χ2n) is 8.73. The molecule has 10 heteroatoms. The van der Waals surface area contributed by atoms with Crippen molar-refractivity contribution in [1.29, 1.82) is 0 Å². The molecule has 1 aromatic carbocycles. The van der Waals surface area contributed by atoms with Crippen LogP contribution in [0.3, 0.4) is 0 Å². The number of ketones is 1. The number of rotatable bonds is 6. The van der Waals surface area contributed by atoms with Gasteiger partial charge in [-0.2, -0.15) is 0 Å². The quantitative estimate of drug-likeness (QED) is 0.408. The predicted octanol–water partition coefficient (Wildman–Crippen LogP) is 2.64. The molecule has 0 bridgehead atoms. The lowest BCUT2D eigenvalue weighted by molar-refractivity contribution is -0.238. The summed E-state index contributed by atoms with van der Waals surface area (Å²) in [5, 5.41) is 0. The standard InChI is InChI=1S/C20H25F2NO6S/c1-18(2,3)30(27)23-20(6,11-8-7-9-12(21)15(11)22)10-13(24)14-16(25)28-19(4,5)29-17(14)26/h7-9,14,23H,10H2,1-6H3/t20-,30+/m0/s1.